The summed E-state index contributed by atoms with van der Waals surface area (Å²) in [5.74, 6) is -0.695. The van der Waals surface area contributed by atoms with E-state index in [-0.39, 0.29) is 5.91 Å². The van der Waals surface area contributed by atoms with Crippen LogP contribution in [0.4, 0.5) is 0 Å². The average molecular weight is 403 g/mol. The maximum atomic E-state index is 13.8. The van der Waals surface area contributed by atoms with E-state index in [1.807, 2.05) is 74.5 Å². The highest BCUT2D eigenvalue weighted by Crippen LogP contribution is 2.47. The highest BCUT2D eigenvalue weighted by atomic mass is 16.2. The summed E-state index contributed by atoms with van der Waals surface area (Å²) in [5.41, 5.74) is 2.96. The van der Waals surface area contributed by atoms with Gasteiger partial charge < -0.3 is 0 Å². The molecule has 4 nitrogen and oxygen atoms in total. The number of hydrogen-bond acceptors (Lipinski definition) is 3. The molecule has 0 saturated heterocycles. The predicted octanol–water partition coefficient (Wildman–Crippen LogP) is 5.52. The normalized spacial score (nSPS) is 17.9. The first-order chi connectivity index (χ1) is 15.0. The molecule has 1 heterocycles. The Hall–Kier alpha value is -4.15. The van der Waals surface area contributed by atoms with Gasteiger partial charge >= 0.3 is 0 Å². The predicted molar refractivity (Wildman–Crippen MR) is 120 cm³/mol. The third-order valence-electron chi connectivity index (χ3n) is 6.09. The second-order valence-electron chi connectivity index (χ2n) is 7.69. The smallest absolute Gasteiger partial charge is 0.259 e. The second-order valence-corrected chi connectivity index (χ2v) is 7.69. The van der Waals surface area contributed by atoms with Gasteiger partial charge in [0.05, 0.1) is 17.7 Å². The van der Waals surface area contributed by atoms with Gasteiger partial charge in [0.15, 0.2) is 5.54 Å². The van der Waals surface area contributed by atoms with Gasteiger partial charge in [0.25, 0.3) is 5.91 Å². The van der Waals surface area contributed by atoms with Crippen molar-refractivity contribution in [1.82, 2.24) is 4.90 Å². The Morgan fingerprint density at radius 3 is 2.39 bits per heavy atom. The van der Waals surface area contributed by atoms with Crippen molar-refractivity contribution in [3.8, 4) is 12.1 Å². The molecular formula is C27H21N3O. The maximum absolute atomic E-state index is 13.8. The summed E-state index contributed by atoms with van der Waals surface area (Å²) >= 11 is 0. The topological polar surface area (TPSA) is 67.9 Å². The van der Waals surface area contributed by atoms with E-state index in [2.05, 4.69) is 12.1 Å². The lowest BCUT2D eigenvalue weighted by Gasteiger charge is -2.44. The van der Waals surface area contributed by atoms with Crippen LogP contribution in [0.2, 0.25) is 0 Å². The third-order valence-corrected chi connectivity index (χ3v) is 6.09. The molecule has 1 aliphatic heterocycles. The minimum absolute atomic E-state index is 0.244. The number of fused-ring (bicyclic) bond motifs is 1. The number of aryl methyl sites for hydroxylation is 1. The molecule has 3 aromatic carbocycles. The molecule has 0 spiro atoms. The lowest BCUT2D eigenvalue weighted by molar-refractivity contribution is 0.0663. The van der Waals surface area contributed by atoms with Crippen molar-refractivity contribution < 1.29 is 4.79 Å². The molecule has 4 rings (SSSR count). The van der Waals surface area contributed by atoms with E-state index in [0.29, 0.717) is 11.1 Å². The van der Waals surface area contributed by atoms with Crippen LogP contribution in [0.3, 0.4) is 0 Å². The summed E-state index contributed by atoms with van der Waals surface area (Å²) in [6, 6.07) is 27.0. The summed E-state index contributed by atoms with van der Waals surface area (Å²) in [5, 5.41) is 20.3. The number of hydrogen-bond donors (Lipinski definition) is 0. The molecule has 0 aromatic heterocycles. The van der Waals surface area contributed by atoms with Gasteiger partial charge in [0, 0.05) is 23.2 Å². The molecule has 0 N–H and O–H groups in total. The Balaban J connectivity index is 1.97. The molecule has 2 atom stereocenters. The quantitative estimate of drug-likeness (QED) is 0.578. The molecule has 0 fully saturated rings. The van der Waals surface area contributed by atoms with E-state index in [4.69, 9.17) is 0 Å². The molecule has 150 valence electrons. The van der Waals surface area contributed by atoms with Gasteiger partial charge in [-0.05, 0) is 41.8 Å². The number of carbonyl (C=O) groups excluding carboxylic acids is 1. The van der Waals surface area contributed by atoms with E-state index in [9.17, 15) is 15.3 Å². The van der Waals surface area contributed by atoms with Crippen LogP contribution >= 0.6 is 0 Å². The van der Waals surface area contributed by atoms with E-state index in [1.165, 1.54) is 4.90 Å². The highest BCUT2D eigenvalue weighted by Gasteiger charge is 2.49. The average Bonchev–Trinajstić information content (AvgIpc) is 2.82. The van der Waals surface area contributed by atoms with Crippen LogP contribution in [0.25, 0.3) is 6.08 Å². The maximum Gasteiger partial charge on any atom is 0.259 e. The summed E-state index contributed by atoms with van der Waals surface area (Å²) in [6.45, 7) is 3.80. The van der Waals surface area contributed by atoms with Crippen LogP contribution in [0, 0.1) is 29.6 Å². The molecule has 0 radical (unpaired) electrons. The number of amides is 1. The van der Waals surface area contributed by atoms with E-state index in [1.54, 1.807) is 24.4 Å². The Kier molecular flexibility index (Phi) is 5.15. The molecule has 0 aliphatic carbocycles. The first-order valence-corrected chi connectivity index (χ1v) is 10.1. The van der Waals surface area contributed by atoms with E-state index >= 15 is 0 Å². The van der Waals surface area contributed by atoms with E-state index in [0.717, 1.165) is 22.3 Å². The highest BCUT2D eigenvalue weighted by molar-refractivity contribution is 5.98. The number of nitrogens with zero attached hydrogens (tertiary/aromatic N) is 3. The molecule has 3 aromatic rings. The first-order valence-electron chi connectivity index (χ1n) is 10.1. The molecule has 0 saturated carbocycles. The van der Waals surface area contributed by atoms with Crippen LogP contribution in [-0.4, -0.2) is 10.8 Å². The fraction of sp³-hybridized carbons (Fsp3) is 0.148. The van der Waals surface area contributed by atoms with Crippen molar-refractivity contribution in [2.45, 2.75) is 25.3 Å². The number of rotatable bonds is 3. The number of benzene rings is 3. The van der Waals surface area contributed by atoms with Crippen molar-refractivity contribution in [1.29, 1.82) is 10.5 Å². The zero-order valence-electron chi connectivity index (χ0n) is 17.4. The molecule has 31 heavy (non-hydrogen) atoms. The molecule has 0 bridgehead atoms. The van der Waals surface area contributed by atoms with Gasteiger partial charge in [-0.2, -0.15) is 10.5 Å². The molecule has 1 amide bonds. The summed E-state index contributed by atoms with van der Waals surface area (Å²) in [6.07, 6.45) is 3.57. The standard InChI is InChI=1S/C27H21N3O/c1-19-9-3-6-12-23(19)26(31)30-16-15-21-10-5-8-14-25(21)27(30,18-29)20(2)24-13-7-4-11-22(24)17-28/h3-16,20H,1-2H3/t20-,27+/m1/s1. The van der Waals surface area contributed by atoms with Crippen LogP contribution in [0.1, 0.15) is 51.0 Å². The molecule has 1 aliphatic rings. The Bertz CT molecular complexity index is 1280. The lowest BCUT2D eigenvalue weighted by Crippen LogP contribution is -2.51. The largest absolute Gasteiger partial charge is 0.291 e. The Morgan fingerprint density at radius 2 is 1.65 bits per heavy atom. The van der Waals surface area contributed by atoms with Crippen molar-refractivity contribution in [3.05, 3.63) is 112 Å². The number of nitriles is 2. The van der Waals surface area contributed by atoms with Gasteiger partial charge in [-0.15, -0.1) is 0 Å². The Morgan fingerprint density at radius 1 is 0.968 bits per heavy atom. The van der Waals surface area contributed by atoms with Crippen molar-refractivity contribution in [2.75, 3.05) is 0 Å². The minimum Gasteiger partial charge on any atom is -0.291 e. The van der Waals surface area contributed by atoms with Gasteiger partial charge in [-0.3, -0.25) is 9.69 Å². The monoisotopic (exact) mass is 403 g/mol. The second kappa shape index (κ2) is 7.94. The SMILES string of the molecule is Cc1ccccc1C(=O)N1C=Cc2ccccc2[C@]1(C#N)[C@H](C)c1ccccc1C#N. The van der Waals surface area contributed by atoms with Crippen LogP contribution in [-0.2, 0) is 5.54 Å². The molecular weight excluding hydrogens is 382 g/mol. The van der Waals surface area contributed by atoms with E-state index < -0.39 is 11.5 Å². The van der Waals surface area contributed by atoms with Crippen LogP contribution in [0.15, 0.2) is 79.0 Å². The van der Waals surface area contributed by atoms with Crippen molar-refractivity contribution >= 4 is 12.0 Å². The number of carbonyl (C=O) groups is 1. The van der Waals surface area contributed by atoms with Crippen molar-refractivity contribution in [2.24, 2.45) is 0 Å². The lowest BCUT2D eigenvalue weighted by atomic mass is 9.71. The van der Waals surface area contributed by atoms with Crippen LogP contribution in [0.5, 0.6) is 0 Å². The summed E-state index contributed by atoms with van der Waals surface area (Å²) in [4.78, 5) is 15.3. The van der Waals surface area contributed by atoms with Crippen molar-refractivity contribution in [3.63, 3.8) is 0 Å². The van der Waals surface area contributed by atoms with Gasteiger partial charge in [-0.25, -0.2) is 0 Å². The van der Waals surface area contributed by atoms with Gasteiger partial charge in [-0.1, -0.05) is 67.6 Å². The third kappa shape index (κ3) is 3.10. The fourth-order valence-electron chi connectivity index (χ4n) is 4.42. The van der Waals surface area contributed by atoms with Gasteiger partial charge in [0.1, 0.15) is 0 Å². The zero-order valence-corrected chi connectivity index (χ0v) is 17.4. The van der Waals surface area contributed by atoms with Crippen LogP contribution < -0.4 is 0 Å². The fourth-order valence-corrected chi connectivity index (χ4v) is 4.42. The zero-order chi connectivity index (χ0) is 22.0. The first kappa shape index (κ1) is 20.1. The Labute approximate surface area is 182 Å². The summed E-state index contributed by atoms with van der Waals surface area (Å²) < 4.78 is 0. The molecule has 0 unspecified atom stereocenters. The molecule has 4 heteroatoms. The van der Waals surface area contributed by atoms with Gasteiger partial charge in [0.2, 0.25) is 0 Å². The summed E-state index contributed by atoms with van der Waals surface area (Å²) in [7, 11) is 0. The minimum atomic E-state index is -1.31.